The summed E-state index contributed by atoms with van der Waals surface area (Å²) < 4.78 is 5.24. The topological polar surface area (TPSA) is 88.1 Å². The molecule has 0 bridgehead atoms. The highest BCUT2D eigenvalue weighted by atomic mass is 16.5. The number of primary amides is 1. The van der Waals surface area contributed by atoms with Gasteiger partial charge in [0.25, 0.3) is 0 Å². The highest BCUT2D eigenvalue weighted by Gasteiger charge is 2.19. The molecule has 1 atom stereocenters. The molecule has 106 valence electrons. The van der Waals surface area contributed by atoms with Crippen molar-refractivity contribution in [2.75, 3.05) is 12.4 Å². The molecule has 3 N–H and O–H groups in total. The fourth-order valence-electron chi connectivity index (χ4n) is 1.99. The van der Waals surface area contributed by atoms with Gasteiger partial charge in [0.1, 0.15) is 11.8 Å². The molecule has 0 aliphatic heterocycles. The second kappa shape index (κ2) is 6.44. The Morgan fingerprint density at radius 2 is 1.90 bits per heavy atom. The van der Waals surface area contributed by atoms with Crippen molar-refractivity contribution in [3.63, 3.8) is 0 Å². The normalized spacial score (nSPS) is 11.2. The van der Waals surface area contributed by atoms with Crippen LogP contribution in [0.1, 0.15) is 17.2 Å². The first-order chi connectivity index (χ1) is 10.2. The highest BCUT2D eigenvalue weighted by Crippen LogP contribution is 2.27. The Hall–Kier alpha value is -3.00. The van der Waals surface area contributed by atoms with Gasteiger partial charge in [-0.2, -0.15) is 5.26 Å². The van der Waals surface area contributed by atoms with Crippen molar-refractivity contribution in [2.45, 2.75) is 6.04 Å². The maximum Gasteiger partial charge on any atom is 0.244 e. The average Bonchev–Trinajstić information content (AvgIpc) is 2.53. The number of nitriles is 1. The van der Waals surface area contributed by atoms with Crippen molar-refractivity contribution in [1.29, 1.82) is 5.26 Å². The number of hydrogen-bond acceptors (Lipinski definition) is 4. The van der Waals surface area contributed by atoms with Gasteiger partial charge in [0.05, 0.1) is 24.4 Å². The molecule has 1 amide bonds. The van der Waals surface area contributed by atoms with E-state index in [4.69, 9.17) is 15.7 Å². The minimum Gasteiger partial charge on any atom is -0.495 e. The summed E-state index contributed by atoms with van der Waals surface area (Å²) in [6, 6.07) is 15.3. The van der Waals surface area contributed by atoms with Crippen LogP contribution in [0.15, 0.2) is 48.5 Å². The predicted octanol–water partition coefficient (Wildman–Crippen LogP) is 2.21. The molecule has 0 aromatic heterocycles. The van der Waals surface area contributed by atoms with Crippen LogP contribution in [-0.2, 0) is 4.79 Å². The Morgan fingerprint density at radius 1 is 1.24 bits per heavy atom. The van der Waals surface area contributed by atoms with Gasteiger partial charge in [-0.3, -0.25) is 4.79 Å². The number of benzene rings is 2. The summed E-state index contributed by atoms with van der Waals surface area (Å²) in [5.41, 5.74) is 7.36. The minimum absolute atomic E-state index is 0.509. The number of ether oxygens (including phenoxy) is 1. The predicted molar refractivity (Wildman–Crippen MR) is 79.7 cm³/mol. The smallest absolute Gasteiger partial charge is 0.244 e. The summed E-state index contributed by atoms with van der Waals surface area (Å²) in [4.78, 5) is 11.7. The Kier molecular flexibility index (Phi) is 4.42. The van der Waals surface area contributed by atoms with Gasteiger partial charge in [-0.1, -0.05) is 24.3 Å². The van der Waals surface area contributed by atoms with Crippen LogP contribution in [0.4, 0.5) is 5.69 Å². The molecule has 0 aliphatic carbocycles. The van der Waals surface area contributed by atoms with Crippen molar-refractivity contribution in [3.05, 3.63) is 59.7 Å². The molecule has 5 nitrogen and oxygen atoms in total. The van der Waals surface area contributed by atoms with E-state index < -0.39 is 11.9 Å². The molecule has 0 fully saturated rings. The number of amides is 1. The zero-order valence-corrected chi connectivity index (χ0v) is 11.5. The lowest BCUT2D eigenvalue weighted by molar-refractivity contribution is -0.118. The standard InChI is InChI=1S/C16H15N3O2/c1-21-14-5-3-2-4-13(14)19-15(16(18)20)12-8-6-11(10-17)7-9-12/h2-9,15,19H,1H3,(H2,18,20). The van der Waals surface area contributed by atoms with E-state index in [1.165, 1.54) is 0 Å². The van der Waals surface area contributed by atoms with Crippen molar-refractivity contribution < 1.29 is 9.53 Å². The van der Waals surface area contributed by atoms with Crippen molar-refractivity contribution in [3.8, 4) is 11.8 Å². The van der Waals surface area contributed by atoms with Crippen LogP contribution < -0.4 is 15.8 Å². The summed E-state index contributed by atoms with van der Waals surface area (Å²) in [7, 11) is 1.56. The maximum atomic E-state index is 11.7. The molecule has 0 aliphatic rings. The van der Waals surface area contributed by atoms with Gasteiger partial charge in [0.2, 0.25) is 5.91 Å². The SMILES string of the molecule is COc1ccccc1NC(C(N)=O)c1ccc(C#N)cc1. The van der Waals surface area contributed by atoms with Crippen LogP contribution in [0, 0.1) is 11.3 Å². The second-order valence-corrected chi connectivity index (χ2v) is 4.41. The zero-order chi connectivity index (χ0) is 15.2. The number of nitrogens with two attached hydrogens (primary N) is 1. The fourth-order valence-corrected chi connectivity index (χ4v) is 1.99. The lowest BCUT2D eigenvalue weighted by atomic mass is 10.0. The van der Waals surface area contributed by atoms with Crippen molar-refractivity contribution in [2.24, 2.45) is 5.73 Å². The van der Waals surface area contributed by atoms with Gasteiger partial charge in [-0.15, -0.1) is 0 Å². The van der Waals surface area contributed by atoms with E-state index in [1.54, 1.807) is 43.5 Å². The van der Waals surface area contributed by atoms with E-state index in [0.29, 0.717) is 22.6 Å². The molecule has 0 saturated heterocycles. The fraction of sp³-hybridized carbons (Fsp3) is 0.125. The summed E-state index contributed by atoms with van der Waals surface area (Å²) in [5, 5.41) is 11.9. The number of carbonyl (C=O) groups excluding carboxylic acids is 1. The summed E-state index contributed by atoms with van der Waals surface area (Å²) in [6.45, 7) is 0. The van der Waals surface area contributed by atoms with E-state index in [1.807, 2.05) is 18.2 Å². The van der Waals surface area contributed by atoms with Crippen LogP contribution in [0.2, 0.25) is 0 Å². The number of rotatable bonds is 5. The number of methoxy groups -OCH3 is 1. The van der Waals surface area contributed by atoms with E-state index >= 15 is 0 Å². The number of anilines is 1. The number of para-hydroxylation sites is 2. The third kappa shape index (κ3) is 3.31. The van der Waals surface area contributed by atoms with Crippen molar-refractivity contribution in [1.82, 2.24) is 0 Å². The van der Waals surface area contributed by atoms with Gasteiger partial charge >= 0.3 is 0 Å². The first-order valence-corrected chi connectivity index (χ1v) is 6.34. The molecule has 2 rings (SSSR count). The summed E-state index contributed by atoms with van der Waals surface area (Å²) >= 11 is 0. The Bertz CT molecular complexity index is 675. The monoisotopic (exact) mass is 281 g/mol. The molecule has 2 aromatic rings. The van der Waals surface area contributed by atoms with Crippen LogP contribution in [0.3, 0.4) is 0 Å². The van der Waals surface area contributed by atoms with Gasteiger partial charge < -0.3 is 15.8 Å². The van der Waals surface area contributed by atoms with E-state index in [0.717, 1.165) is 0 Å². The minimum atomic E-state index is -0.700. The Labute approximate surface area is 123 Å². The first kappa shape index (κ1) is 14.4. The number of hydrogen-bond donors (Lipinski definition) is 2. The second-order valence-electron chi connectivity index (χ2n) is 4.41. The number of nitrogens with one attached hydrogen (secondary N) is 1. The Balaban J connectivity index is 2.31. The molecule has 0 radical (unpaired) electrons. The third-order valence-corrected chi connectivity index (χ3v) is 3.06. The van der Waals surface area contributed by atoms with Crippen LogP contribution in [-0.4, -0.2) is 13.0 Å². The lowest BCUT2D eigenvalue weighted by Crippen LogP contribution is -2.27. The van der Waals surface area contributed by atoms with E-state index in [-0.39, 0.29) is 0 Å². The van der Waals surface area contributed by atoms with E-state index in [2.05, 4.69) is 5.32 Å². The molecule has 21 heavy (non-hydrogen) atoms. The van der Waals surface area contributed by atoms with Crippen LogP contribution in [0.25, 0.3) is 0 Å². The van der Waals surface area contributed by atoms with E-state index in [9.17, 15) is 4.79 Å². The summed E-state index contributed by atoms with van der Waals surface area (Å²) in [6.07, 6.45) is 0. The molecular weight excluding hydrogens is 266 g/mol. The van der Waals surface area contributed by atoms with Gasteiger partial charge in [0.15, 0.2) is 0 Å². The Morgan fingerprint density at radius 3 is 2.48 bits per heavy atom. The largest absolute Gasteiger partial charge is 0.495 e. The molecular formula is C16H15N3O2. The molecule has 5 heteroatoms. The maximum absolute atomic E-state index is 11.7. The zero-order valence-electron chi connectivity index (χ0n) is 11.5. The molecule has 0 saturated carbocycles. The van der Waals surface area contributed by atoms with Gasteiger partial charge in [0, 0.05) is 0 Å². The lowest BCUT2D eigenvalue weighted by Gasteiger charge is -2.19. The van der Waals surface area contributed by atoms with Gasteiger partial charge in [-0.25, -0.2) is 0 Å². The first-order valence-electron chi connectivity index (χ1n) is 6.34. The number of nitrogens with zero attached hydrogens (tertiary/aromatic N) is 1. The van der Waals surface area contributed by atoms with Gasteiger partial charge in [-0.05, 0) is 29.8 Å². The molecule has 0 heterocycles. The average molecular weight is 281 g/mol. The molecule has 0 spiro atoms. The quantitative estimate of drug-likeness (QED) is 0.879. The third-order valence-electron chi connectivity index (χ3n) is 3.06. The van der Waals surface area contributed by atoms with Crippen molar-refractivity contribution >= 4 is 11.6 Å². The molecule has 1 unspecified atom stereocenters. The highest BCUT2D eigenvalue weighted by molar-refractivity contribution is 5.85. The number of carbonyl (C=O) groups is 1. The summed E-state index contributed by atoms with van der Waals surface area (Å²) in [5.74, 6) is 0.114. The van der Waals surface area contributed by atoms with Crippen LogP contribution in [0.5, 0.6) is 5.75 Å². The van der Waals surface area contributed by atoms with Crippen LogP contribution >= 0.6 is 0 Å². The molecule has 2 aromatic carbocycles.